The van der Waals surface area contributed by atoms with E-state index in [2.05, 4.69) is 0 Å². The predicted octanol–water partition coefficient (Wildman–Crippen LogP) is 5.38. The molecule has 35 heavy (non-hydrogen) atoms. The highest BCUT2D eigenvalue weighted by molar-refractivity contribution is 7.92. The molecule has 12 heteroatoms. The van der Waals surface area contributed by atoms with Crippen LogP contribution in [-0.4, -0.2) is 34.7 Å². The van der Waals surface area contributed by atoms with Crippen LogP contribution in [0.5, 0.6) is 11.5 Å². The number of ether oxygens (including phenoxy) is 3. The molecular weight excluding hydrogens is 511 g/mol. The van der Waals surface area contributed by atoms with Gasteiger partial charge in [-0.3, -0.25) is 4.72 Å². The van der Waals surface area contributed by atoms with Crippen LogP contribution in [0.1, 0.15) is 15.9 Å². The van der Waals surface area contributed by atoms with Gasteiger partial charge in [-0.2, -0.15) is 13.2 Å². The number of alkyl halides is 3. The Morgan fingerprint density at radius 3 is 2.43 bits per heavy atom. The van der Waals surface area contributed by atoms with Crippen LogP contribution in [0.2, 0.25) is 5.02 Å². The van der Waals surface area contributed by atoms with E-state index in [4.69, 9.17) is 25.8 Å². The van der Waals surface area contributed by atoms with Gasteiger partial charge in [0.15, 0.2) is 5.75 Å². The minimum atomic E-state index is -4.87. The van der Waals surface area contributed by atoms with Crippen LogP contribution < -0.4 is 14.2 Å². The number of benzene rings is 3. The molecule has 0 atom stereocenters. The van der Waals surface area contributed by atoms with Gasteiger partial charge < -0.3 is 14.2 Å². The summed E-state index contributed by atoms with van der Waals surface area (Å²) < 4.78 is 85.8. The number of hydrogen-bond acceptors (Lipinski definition) is 6. The Bertz CT molecular complexity index is 1410. The second kappa shape index (κ2) is 9.31. The van der Waals surface area contributed by atoms with Gasteiger partial charge in [0.2, 0.25) is 0 Å². The van der Waals surface area contributed by atoms with E-state index in [1.807, 2.05) is 4.72 Å². The number of fused-ring (bicyclic) bond motifs is 6. The van der Waals surface area contributed by atoms with Gasteiger partial charge in [-0.15, -0.1) is 0 Å². The number of carbonyl (C=O) groups is 1. The first-order chi connectivity index (χ1) is 16.5. The van der Waals surface area contributed by atoms with Crippen molar-refractivity contribution in [3.05, 3.63) is 70.7 Å². The van der Waals surface area contributed by atoms with Gasteiger partial charge in [0.25, 0.3) is 10.0 Å². The molecule has 0 amide bonds. The minimum absolute atomic E-state index is 0.0659. The Morgan fingerprint density at radius 2 is 1.71 bits per heavy atom. The van der Waals surface area contributed by atoms with Crippen LogP contribution in [0, 0.1) is 0 Å². The summed E-state index contributed by atoms with van der Waals surface area (Å²) in [5, 5.41) is -0.250. The zero-order valence-electron chi connectivity index (χ0n) is 18.0. The van der Waals surface area contributed by atoms with Crippen molar-refractivity contribution in [3.63, 3.8) is 0 Å². The summed E-state index contributed by atoms with van der Waals surface area (Å²) in [4.78, 5) is 11.9. The van der Waals surface area contributed by atoms with Gasteiger partial charge in [0.05, 0.1) is 28.9 Å². The van der Waals surface area contributed by atoms with Gasteiger partial charge in [0.1, 0.15) is 23.9 Å². The number of halogens is 4. The van der Waals surface area contributed by atoms with Gasteiger partial charge in [0, 0.05) is 5.56 Å². The number of anilines is 1. The fourth-order valence-corrected chi connectivity index (χ4v) is 5.17. The van der Waals surface area contributed by atoms with Crippen LogP contribution in [-0.2, 0) is 20.9 Å². The summed E-state index contributed by atoms with van der Waals surface area (Å²) in [6.07, 6.45) is -4.87. The van der Waals surface area contributed by atoms with Crippen molar-refractivity contribution in [2.45, 2.75) is 11.1 Å². The summed E-state index contributed by atoms with van der Waals surface area (Å²) in [5.41, 5.74) is -1.52. The molecule has 1 aliphatic rings. The molecule has 0 aliphatic carbocycles. The third-order valence-electron chi connectivity index (χ3n) is 5.08. The molecule has 3 aromatic rings. The molecule has 4 bridgehead atoms. The molecule has 0 unspecified atom stereocenters. The van der Waals surface area contributed by atoms with E-state index < -0.39 is 38.3 Å². The number of cyclic esters (lactones) is 1. The molecule has 4 rings (SSSR count). The molecule has 7 nitrogen and oxygen atoms in total. The number of rotatable bonds is 1. The topological polar surface area (TPSA) is 90.9 Å². The van der Waals surface area contributed by atoms with Gasteiger partial charge in [-0.1, -0.05) is 35.9 Å². The molecule has 0 radical (unpaired) electrons. The lowest BCUT2D eigenvalue weighted by Gasteiger charge is -2.18. The van der Waals surface area contributed by atoms with Crippen LogP contribution in [0.4, 0.5) is 18.9 Å². The van der Waals surface area contributed by atoms with E-state index in [9.17, 15) is 26.4 Å². The molecule has 1 heterocycles. The van der Waals surface area contributed by atoms with Crippen LogP contribution in [0.25, 0.3) is 11.1 Å². The van der Waals surface area contributed by atoms with Crippen molar-refractivity contribution >= 4 is 33.3 Å². The van der Waals surface area contributed by atoms with E-state index in [0.717, 1.165) is 31.4 Å². The molecule has 1 aliphatic heterocycles. The Labute approximate surface area is 203 Å². The SMILES string of the molecule is COc1c(Cl)cc2cc1S(=O)(=O)Nc1cc(ccc1C(F)(F)F)-c1ccccc1OCCOC2=O. The normalized spacial score (nSPS) is 15.4. The fraction of sp³-hybridized carbons (Fsp3) is 0.174. The third-order valence-corrected chi connectivity index (χ3v) is 6.73. The monoisotopic (exact) mass is 527 g/mol. The third kappa shape index (κ3) is 5.01. The van der Waals surface area contributed by atoms with Crippen molar-refractivity contribution in [3.8, 4) is 22.6 Å². The Morgan fingerprint density at radius 1 is 1.00 bits per heavy atom. The first-order valence-corrected chi connectivity index (χ1v) is 11.9. The average Bonchev–Trinajstić information content (AvgIpc) is 2.80. The average molecular weight is 528 g/mol. The Kier molecular flexibility index (Phi) is 6.56. The molecule has 0 fully saturated rings. The van der Waals surface area contributed by atoms with Crippen molar-refractivity contribution < 1.29 is 40.6 Å². The molecular formula is C23H17ClF3NO6S. The highest BCUT2D eigenvalue weighted by atomic mass is 35.5. The van der Waals surface area contributed by atoms with Gasteiger partial charge in [-0.05, 0) is 35.9 Å². The maximum atomic E-state index is 13.8. The van der Waals surface area contributed by atoms with E-state index >= 15 is 0 Å². The summed E-state index contributed by atoms with van der Waals surface area (Å²) in [7, 11) is -3.59. The predicted molar refractivity (Wildman–Crippen MR) is 121 cm³/mol. The number of para-hydroxylation sites is 1. The van der Waals surface area contributed by atoms with Crippen molar-refractivity contribution in [2.24, 2.45) is 0 Å². The van der Waals surface area contributed by atoms with Crippen molar-refractivity contribution in [2.75, 3.05) is 25.0 Å². The first-order valence-electron chi connectivity index (χ1n) is 10.0. The van der Waals surface area contributed by atoms with E-state index in [-0.39, 0.29) is 35.1 Å². The fourth-order valence-electron chi connectivity index (χ4n) is 3.53. The molecule has 0 saturated carbocycles. The maximum absolute atomic E-state index is 13.8. The second-order valence-corrected chi connectivity index (χ2v) is 9.39. The largest absolute Gasteiger partial charge is 0.494 e. The lowest BCUT2D eigenvalue weighted by molar-refractivity contribution is -0.136. The number of hydrogen-bond donors (Lipinski definition) is 1. The molecule has 0 spiro atoms. The van der Waals surface area contributed by atoms with Crippen molar-refractivity contribution in [1.82, 2.24) is 0 Å². The molecule has 0 aromatic heterocycles. The van der Waals surface area contributed by atoms with Crippen LogP contribution in [0.15, 0.2) is 59.5 Å². The molecule has 1 N–H and O–H groups in total. The number of carbonyl (C=O) groups excluding carboxylic acids is 1. The van der Waals surface area contributed by atoms with Crippen molar-refractivity contribution in [1.29, 1.82) is 0 Å². The Balaban J connectivity index is 1.97. The zero-order valence-corrected chi connectivity index (χ0v) is 19.6. The summed E-state index contributed by atoms with van der Waals surface area (Å²) in [6, 6.07) is 11.6. The number of esters is 1. The summed E-state index contributed by atoms with van der Waals surface area (Å²) >= 11 is 6.12. The highest BCUT2D eigenvalue weighted by Crippen LogP contribution is 2.41. The number of methoxy groups -OCH3 is 1. The van der Waals surface area contributed by atoms with E-state index in [1.54, 1.807) is 24.3 Å². The van der Waals surface area contributed by atoms with E-state index in [0.29, 0.717) is 11.3 Å². The second-order valence-electron chi connectivity index (χ2n) is 7.33. The minimum Gasteiger partial charge on any atom is -0.494 e. The summed E-state index contributed by atoms with van der Waals surface area (Å²) in [6.45, 7) is -0.251. The lowest BCUT2D eigenvalue weighted by Crippen LogP contribution is -2.19. The zero-order chi connectivity index (χ0) is 25.4. The molecule has 3 aromatic carbocycles. The molecule has 184 valence electrons. The first kappa shape index (κ1) is 24.7. The van der Waals surface area contributed by atoms with E-state index in [1.165, 1.54) is 6.07 Å². The standard InChI is InChI=1S/C23H17ClF3NO6S/c1-32-21-17(24)10-14-12-20(21)35(30,31)28-18-11-13(6-7-16(18)23(25,26)27)15-4-2-3-5-19(15)33-8-9-34-22(14)29/h2-7,10-12,28H,8-9H2,1H3. The van der Waals surface area contributed by atoms with Crippen LogP contribution in [0.3, 0.4) is 0 Å². The molecule has 0 saturated heterocycles. The number of sulfonamides is 1. The lowest BCUT2D eigenvalue weighted by atomic mass is 10.0. The maximum Gasteiger partial charge on any atom is 0.418 e. The smallest absolute Gasteiger partial charge is 0.418 e. The van der Waals surface area contributed by atoms with Gasteiger partial charge >= 0.3 is 12.1 Å². The summed E-state index contributed by atoms with van der Waals surface area (Å²) in [5.74, 6) is -0.954. The number of nitrogens with one attached hydrogen (secondary N) is 1. The van der Waals surface area contributed by atoms with Gasteiger partial charge in [-0.25, -0.2) is 13.2 Å². The quantitative estimate of drug-likeness (QED) is 0.427. The van der Waals surface area contributed by atoms with Crippen LogP contribution >= 0.6 is 11.6 Å². The highest BCUT2D eigenvalue weighted by Gasteiger charge is 2.36. The Hall–Kier alpha value is -3.44.